The quantitative estimate of drug-likeness (QED) is 0.257. The fourth-order valence-corrected chi connectivity index (χ4v) is 4.14. The molecule has 31 heavy (non-hydrogen) atoms. The zero-order valence-electron chi connectivity index (χ0n) is 17.4. The van der Waals surface area contributed by atoms with Gasteiger partial charge in [0.05, 0.1) is 23.1 Å². The predicted molar refractivity (Wildman–Crippen MR) is 119 cm³/mol. The first-order valence-corrected chi connectivity index (χ1v) is 11.3. The Morgan fingerprint density at radius 2 is 2.06 bits per heavy atom. The summed E-state index contributed by atoms with van der Waals surface area (Å²) < 4.78 is 1.76. The maximum Gasteiger partial charge on any atom is 0.273 e. The SMILES string of the molecule is CSc1nc(N2CCCC2)c2cnn(CCNC(=O)c3cccc([N+](=O)[O-])c3C)c2n1. The molecule has 0 radical (unpaired) electrons. The first kappa shape index (κ1) is 21.0. The molecule has 11 heteroatoms. The standard InChI is InChI=1S/C20H23N7O3S/c1-13-14(6-5-7-16(13)27(29)30)19(28)21-8-11-26-18-15(12-22-26)17(23-20(24-18)31-2)25-9-3-4-10-25/h5-7,12H,3-4,8-11H2,1-2H3,(H,21,28). The molecule has 1 amide bonds. The van der Waals surface area contributed by atoms with Crippen LogP contribution in [-0.2, 0) is 6.54 Å². The van der Waals surface area contributed by atoms with Gasteiger partial charge in [-0.2, -0.15) is 5.10 Å². The van der Waals surface area contributed by atoms with Gasteiger partial charge in [0.15, 0.2) is 10.8 Å². The summed E-state index contributed by atoms with van der Waals surface area (Å²) in [5, 5.41) is 20.0. The highest BCUT2D eigenvalue weighted by Gasteiger charge is 2.21. The number of anilines is 1. The number of rotatable bonds is 7. The topological polar surface area (TPSA) is 119 Å². The van der Waals surface area contributed by atoms with Crippen LogP contribution in [0.1, 0.15) is 28.8 Å². The minimum absolute atomic E-state index is 0.0681. The maximum absolute atomic E-state index is 12.6. The highest BCUT2D eigenvalue weighted by atomic mass is 32.2. The monoisotopic (exact) mass is 441 g/mol. The van der Waals surface area contributed by atoms with Crippen LogP contribution in [0.15, 0.2) is 29.6 Å². The van der Waals surface area contributed by atoms with Gasteiger partial charge in [-0.05, 0) is 32.1 Å². The number of thioether (sulfide) groups is 1. The van der Waals surface area contributed by atoms with Gasteiger partial charge in [-0.25, -0.2) is 14.6 Å². The molecule has 4 rings (SSSR count). The zero-order chi connectivity index (χ0) is 22.0. The van der Waals surface area contributed by atoms with E-state index in [-0.39, 0.29) is 11.6 Å². The van der Waals surface area contributed by atoms with Gasteiger partial charge in [0.2, 0.25) is 0 Å². The van der Waals surface area contributed by atoms with Crippen molar-refractivity contribution in [2.75, 3.05) is 30.8 Å². The number of nitrogens with zero attached hydrogens (tertiary/aromatic N) is 6. The number of hydrogen-bond acceptors (Lipinski definition) is 8. The summed E-state index contributed by atoms with van der Waals surface area (Å²) in [5.74, 6) is 0.559. The molecule has 3 heterocycles. The Morgan fingerprint density at radius 3 is 2.77 bits per heavy atom. The van der Waals surface area contributed by atoms with Crippen LogP contribution in [0.4, 0.5) is 11.5 Å². The lowest BCUT2D eigenvalue weighted by Gasteiger charge is -2.17. The molecule has 0 atom stereocenters. The van der Waals surface area contributed by atoms with Crippen molar-refractivity contribution in [2.24, 2.45) is 0 Å². The van der Waals surface area contributed by atoms with Crippen LogP contribution in [0.2, 0.25) is 0 Å². The summed E-state index contributed by atoms with van der Waals surface area (Å²) in [6.07, 6.45) is 6.02. The molecule has 1 N–H and O–H groups in total. The number of nitrogens with one attached hydrogen (secondary N) is 1. The summed E-state index contributed by atoms with van der Waals surface area (Å²) in [5.41, 5.74) is 1.31. The Hall–Kier alpha value is -3.21. The largest absolute Gasteiger partial charge is 0.356 e. The molecule has 1 saturated heterocycles. The van der Waals surface area contributed by atoms with Gasteiger partial charge in [-0.3, -0.25) is 14.9 Å². The highest BCUT2D eigenvalue weighted by molar-refractivity contribution is 7.98. The molecule has 1 fully saturated rings. The van der Waals surface area contributed by atoms with Crippen molar-refractivity contribution in [3.8, 4) is 0 Å². The minimum Gasteiger partial charge on any atom is -0.356 e. The van der Waals surface area contributed by atoms with Gasteiger partial charge in [-0.1, -0.05) is 17.8 Å². The Morgan fingerprint density at radius 1 is 1.29 bits per heavy atom. The number of aromatic nitrogens is 4. The second kappa shape index (κ2) is 8.88. The van der Waals surface area contributed by atoms with Crippen LogP contribution >= 0.6 is 11.8 Å². The third-order valence-corrected chi connectivity index (χ3v) is 5.95. The van der Waals surface area contributed by atoms with Crippen LogP contribution in [0, 0.1) is 17.0 Å². The predicted octanol–water partition coefficient (Wildman–Crippen LogP) is 2.80. The van der Waals surface area contributed by atoms with E-state index in [0.29, 0.717) is 29.4 Å². The molecule has 1 aromatic carbocycles. The number of fused-ring (bicyclic) bond motifs is 1. The third kappa shape index (κ3) is 4.18. The Bertz CT molecular complexity index is 1140. The summed E-state index contributed by atoms with van der Waals surface area (Å²) in [7, 11) is 0. The van der Waals surface area contributed by atoms with Crippen molar-refractivity contribution in [3.63, 3.8) is 0 Å². The van der Waals surface area contributed by atoms with E-state index in [1.807, 2.05) is 6.26 Å². The number of nitro groups is 1. The Kier molecular flexibility index (Phi) is 6.03. The van der Waals surface area contributed by atoms with E-state index in [1.165, 1.54) is 23.9 Å². The summed E-state index contributed by atoms with van der Waals surface area (Å²) >= 11 is 1.49. The molecule has 1 aliphatic heterocycles. The van der Waals surface area contributed by atoms with Gasteiger partial charge in [-0.15, -0.1) is 0 Å². The van der Waals surface area contributed by atoms with Crippen LogP contribution in [0.3, 0.4) is 0 Å². The number of amides is 1. The van der Waals surface area contributed by atoms with Gasteiger partial charge >= 0.3 is 0 Å². The Balaban J connectivity index is 1.51. The number of benzene rings is 1. The van der Waals surface area contributed by atoms with Gasteiger partial charge in [0, 0.05) is 36.8 Å². The van der Waals surface area contributed by atoms with Crippen molar-refractivity contribution in [3.05, 3.63) is 45.6 Å². The summed E-state index contributed by atoms with van der Waals surface area (Å²) in [6, 6.07) is 4.49. The number of carbonyl (C=O) groups is 1. The average Bonchev–Trinajstić information content (AvgIpc) is 3.43. The van der Waals surface area contributed by atoms with Crippen LogP contribution in [-0.4, -0.2) is 56.5 Å². The zero-order valence-corrected chi connectivity index (χ0v) is 18.2. The van der Waals surface area contributed by atoms with Crippen LogP contribution in [0.5, 0.6) is 0 Å². The molecule has 10 nitrogen and oxygen atoms in total. The molecule has 2 aromatic heterocycles. The van der Waals surface area contributed by atoms with Crippen molar-refractivity contribution < 1.29 is 9.72 Å². The normalized spacial score (nSPS) is 13.7. The highest BCUT2D eigenvalue weighted by Crippen LogP contribution is 2.28. The molecule has 0 unspecified atom stereocenters. The van der Waals surface area contributed by atoms with E-state index in [1.54, 1.807) is 23.9 Å². The van der Waals surface area contributed by atoms with Gasteiger partial charge < -0.3 is 10.2 Å². The second-order valence-corrected chi connectivity index (χ2v) is 8.07. The average molecular weight is 442 g/mol. The second-order valence-electron chi connectivity index (χ2n) is 7.30. The van der Waals surface area contributed by atoms with E-state index >= 15 is 0 Å². The lowest BCUT2D eigenvalue weighted by Crippen LogP contribution is -2.28. The first-order chi connectivity index (χ1) is 15.0. The number of hydrogen-bond donors (Lipinski definition) is 1. The van der Waals surface area contributed by atoms with E-state index in [0.717, 1.165) is 42.8 Å². The summed E-state index contributed by atoms with van der Waals surface area (Å²) in [6.45, 7) is 4.27. The molecule has 1 aliphatic rings. The lowest BCUT2D eigenvalue weighted by atomic mass is 10.1. The molecule has 0 saturated carbocycles. The van der Waals surface area contributed by atoms with E-state index in [2.05, 4.69) is 20.3 Å². The molecule has 162 valence electrons. The van der Waals surface area contributed by atoms with E-state index in [9.17, 15) is 14.9 Å². The smallest absolute Gasteiger partial charge is 0.273 e. The fourth-order valence-electron chi connectivity index (χ4n) is 3.78. The third-order valence-electron chi connectivity index (χ3n) is 5.40. The number of carbonyl (C=O) groups excluding carboxylic acids is 1. The van der Waals surface area contributed by atoms with Crippen LogP contribution < -0.4 is 10.2 Å². The summed E-state index contributed by atoms with van der Waals surface area (Å²) in [4.78, 5) is 34.8. The van der Waals surface area contributed by atoms with Crippen molar-refractivity contribution in [1.29, 1.82) is 0 Å². The molecule has 0 bridgehead atoms. The maximum atomic E-state index is 12.6. The van der Waals surface area contributed by atoms with Crippen LogP contribution in [0.25, 0.3) is 11.0 Å². The van der Waals surface area contributed by atoms with Gasteiger partial charge in [0.25, 0.3) is 11.6 Å². The molecule has 0 spiro atoms. The fraction of sp³-hybridized carbons (Fsp3) is 0.400. The lowest BCUT2D eigenvalue weighted by molar-refractivity contribution is -0.385. The molecule has 3 aromatic rings. The van der Waals surface area contributed by atoms with Gasteiger partial charge in [0.1, 0.15) is 5.82 Å². The van der Waals surface area contributed by atoms with E-state index < -0.39 is 4.92 Å². The molecular weight excluding hydrogens is 418 g/mol. The molecule has 0 aliphatic carbocycles. The van der Waals surface area contributed by atoms with E-state index in [4.69, 9.17) is 4.98 Å². The first-order valence-electron chi connectivity index (χ1n) is 10.0. The van der Waals surface area contributed by atoms with Crippen molar-refractivity contribution in [2.45, 2.75) is 31.5 Å². The minimum atomic E-state index is -0.483. The number of nitro benzene ring substituents is 1. The van der Waals surface area contributed by atoms with Crippen molar-refractivity contribution in [1.82, 2.24) is 25.1 Å². The Labute approximate surface area is 183 Å². The molecular formula is C20H23N7O3S. The van der Waals surface area contributed by atoms with Crippen molar-refractivity contribution >= 4 is 40.2 Å².